The molecule has 0 heterocycles. The van der Waals surface area contributed by atoms with Crippen LogP contribution in [0.2, 0.25) is 0 Å². The first-order valence-electron chi connectivity index (χ1n) is 5.54. The number of nitrogens with two attached hydrogens (primary N) is 2. The van der Waals surface area contributed by atoms with Crippen LogP contribution in [0.3, 0.4) is 0 Å². The minimum absolute atomic E-state index is 0. The summed E-state index contributed by atoms with van der Waals surface area (Å²) in [5, 5.41) is 0. The molecule has 4 heteroatoms. The molecule has 0 aliphatic carbocycles. The van der Waals surface area contributed by atoms with Crippen molar-refractivity contribution < 1.29 is 4.74 Å². The number of hydrogen-bond donors (Lipinski definition) is 2. The first kappa shape index (κ1) is 14.7. The third-order valence-electron chi connectivity index (χ3n) is 2.55. The molecule has 0 saturated heterocycles. The second-order valence-electron chi connectivity index (χ2n) is 3.80. The van der Waals surface area contributed by atoms with Gasteiger partial charge >= 0.3 is 0 Å². The lowest BCUT2D eigenvalue weighted by molar-refractivity contribution is -0.00831. The fourth-order valence-electron chi connectivity index (χ4n) is 1.60. The molecular formula is C14H17ClN2O. The maximum absolute atomic E-state index is 5.93. The maximum Gasteiger partial charge on any atom is 0.134 e. The highest BCUT2D eigenvalue weighted by molar-refractivity contribution is 5.85. The van der Waals surface area contributed by atoms with E-state index in [1.54, 1.807) is 0 Å². The van der Waals surface area contributed by atoms with Gasteiger partial charge in [0.1, 0.15) is 12.5 Å². The van der Waals surface area contributed by atoms with Gasteiger partial charge in [-0.3, -0.25) is 0 Å². The van der Waals surface area contributed by atoms with Crippen LogP contribution in [0.4, 0.5) is 0 Å². The molecule has 18 heavy (non-hydrogen) atoms. The number of rotatable bonds is 4. The van der Waals surface area contributed by atoms with Crippen LogP contribution in [0, 0.1) is 0 Å². The molecule has 0 aliphatic rings. The van der Waals surface area contributed by atoms with Gasteiger partial charge in [-0.25, -0.2) is 0 Å². The lowest BCUT2D eigenvalue weighted by Gasteiger charge is -2.19. The normalized spacial score (nSPS) is 13.4. The van der Waals surface area contributed by atoms with Gasteiger partial charge in [0.2, 0.25) is 0 Å². The molecule has 0 amide bonds. The summed E-state index contributed by atoms with van der Waals surface area (Å²) in [6, 6.07) is 19.2. The molecule has 3 nitrogen and oxygen atoms in total. The zero-order valence-electron chi connectivity index (χ0n) is 9.90. The first-order chi connectivity index (χ1) is 8.27. The van der Waals surface area contributed by atoms with Gasteiger partial charge in [0.25, 0.3) is 0 Å². The van der Waals surface area contributed by atoms with Crippen molar-refractivity contribution in [3.05, 3.63) is 71.8 Å². The predicted molar refractivity (Wildman–Crippen MR) is 75.1 cm³/mol. The van der Waals surface area contributed by atoms with Crippen LogP contribution >= 0.6 is 12.4 Å². The Balaban J connectivity index is 0.00000162. The molecular weight excluding hydrogens is 248 g/mol. The molecule has 96 valence electrons. The van der Waals surface area contributed by atoms with Gasteiger partial charge in [-0.15, -0.1) is 12.4 Å². The standard InChI is InChI=1S/C14H16N2O.ClH/c15-13(11-7-3-1-4-8-11)17-14(16)12-9-5-2-6-10-12;/h1-10,13-14H,15-16H2;1H. The summed E-state index contributed by atoms with van der Waals surface area (Å²) in [6.45, 7) is 0. The molecule has 0 aromatic heterocycles. The van der Waals surface area contributed by atoms with Gasteiger partial charge in [-0.2, -0.15) is 0 Å². The summed E-state index contributed by atoms with van der Waals surface area (Å²) in [5.74, 6) is 0. The minimum Gasteiger partial charge on any atom is -0.337 e. The van der Waals surface area contributed by atoms with E-state index in [0.29, 0.717) is 0 Å². The van der Waals surface area contributed by atoms with E-state index in [1.165, 1.54) is 0 Å². The Morgan fingerprint density at radius 3 is 1.33 bits per heavy atom. The molecule has 2 rings (SSSR count). The smallest absolute Gasteiger partial charge is 0.134 e. The quantitative estimate of drug-likeness (QED) is 0.835. The van der Waals surface area contributed by atoms with Gasteiger partial charge in [-0.05, 0) is 11.1 Å². The number of benzene rings is 2. The van der Waals surface area contributed by atoms with E-state index in [0.717, 1.165) is 11.1 Å². The average Bonchev–Trinajstić information content (AvgIpc) is 2.40. The average molecular weight is 265 g/mol. The zero-order chi connectivity index (χ0) is 12.1. The van der Waals surface area contributed by atoms with Gasteiger partial charge in [-0.1, -0.05) is 60.7 Å². The molecule has 0 radical (unpaired) electrons. The molecule has 0 bridgehead atoms. The lowest BCUT2D eigenvalue weighted by atomic mass is 10.2. The summed E-state index contributed by atoms with van der Waals surface area (Å²) >= 11 is 0. The largest absolute Gasteiger partial charge is 0.337 e. The molecule has 2 unspecified atom stereocenters. The van der Waals surface area contributed by atoms with E-state index < -0.39 is 12.5 Å². The van der Waals surface area contributed by atoms with Crippen LogP contribution in [-0.4, -0.2) is 0 Å². The van der Waals surface area contributed by atoms with E-state index in [-0.39, 0.29) is 12.4 Å². The third kappa shape index (κ3) is 3.82. The second kappa shape index (κ2) is 7.13. The van der Waals surface area contributed by atoms with Gasteiger partial charge in [0, 0.05) is 0 Å². The second-order valence-corrected chi connectivity index (χ2v) is 3.80. The molecule has 2 aromatic rings. The summed E-state index contributed by atoms with van der Waals surface area (Å²) in [6.07, 6.45) is -1.02. The first-order valence-corrected chi connectivity index (χ1v) is 5.54. The summed E-state index contributed by atoms with van der Waals surface area (Å²) in [5.41, 5.74) is 13.7. The molecule has 2 aromatic carbocycles. The Hall–Kier alpha value is -1.39. The minimum atomic E-state index is -0.508. The Morgan fingerprint density at radius 2 is 1.00 bits per heavy atom. The van der Waals surface area contributed by atoms with E-state index in [1.807, 2.05) is 60.7 Å². The Bertz CT molecular complexity index is 406. The SMILES string of the molecule is Cl.NC(OC(N)c1ccccc1)c1ccccc1. The summed E-state index contributed by atoms with van der Waals surface area (Å²) in [7, 11) is 0. The van der Waals surface area contributed by atoms with Crippen LogP contribution < -0.4 is 11.5 Å². The van der Waals surface area contributed by atoms with Crippen LogP contribution in [0.25, 0.3) is 0 Å². The van der Waals surface area contributed by atoms with E-state index in [4.69, 9.17) is 16.2 Å². The molecule has 4 N–H and O–H groups in total. The van der Waals surface area contributed by atoms with Crippen LogP contribution in [0.5, 0.6) is 0 Å². The number of hydrogen-bond acceptors (Lipinski definition) is 3. The van der Waals surface area contributed by atoms with Crippen molar-refractivity contribution in [3.8, 4) is 0 Å². The molecule has 0 saturated carbocycles. The summed E-state index contributed by atoms with van der Waals surface area (Å²) in [4.78, 5) is 0. The van der Waals surface area contributed by atoms with Crippen LogP contribution in [-0.2, 0) is 4.74 Å². The Morgan fingerprint density at radius 1 is 0.667 bits per heavy atom. The van der Waals surface area contributed by atoms with Crippen molar-refractivity contribution in [1.82, 2.24) is 0 Å². The molecule has 0 fully saturated rings. The predicted octanol–water partition coefficient (Wildman–Crippen LogP) is 2.74. The van der Waals surface area contributed by atoms with Crippen molar-refractivity contribution in [2.45, 2.75) is 12.5 Å². The van der Waals surface area contributed by atoms with Crippen molar-refractivity contribution in [3.63, 3.8) is 0 Å². The van der Waals surface area contributed by atoms with Gasteiger partial charge in [0.15, 0.2) is 0 Å². The number of ether oxygens (including phenoxy) is 1. The highest BCUT2D eigenvalue weighted by Gasteiger charge is 2.12. The zero-order valence-corrected chi connectivity index (χ0v) is 10.7. The lowest BCUT2D eigenvalue weighted by Crippen LogP contribution is -2.22. The Kier molecular flexibility index (Phi) is 5.82. The Labute approximate surface area is 113 Å². The van der Waals surface area contributed by atoms with Gasteiger partial charge < -0.3 is 16.2 Å². The number of halogens is 1. The molecule has 0 aliphatic heterocycles. The van der Waals surface area contributed by atoms with Crippen LogP contribution in [0.15, 0.2) is 60.7 Å². The fraction of sp³-hybridized carbons (Fsp3) is 0.143. The van der Waals surface area contributed by atoms with Crippen molar-refractivity contribution in [1.29, 1.82) is 0 Å². The fourth-order valence-corrected chi connectivity index (χ4v) is 1.60. The van der Waals surface area contributed by atoms with E-state index in [2.05, 4.69) is 0 Å². The van der Waals surface area contributed by atoms with E-state index in [9.17, 15) is 0 Å². The van der Waals surface area contributed by atoms with Gasteiger partial charge in [0.05, 0.1) is 0 Å². The van der Waals surface area contributed by atoms with Crippen molar-refractivity contribution >= 4 is 12.4 Å². The topological polar surface area (TPSA) is 61.3 Å². The highest BCUT2D eigenvalue weighted by Crippen LogP contribution is 2.19. The summed E-state index contributed by atoms with van der Waals surface area (Å²) < 4.78 is 5.58. The molecule has 0 spiro atoms. The van der Waals surface area contributed by atoms with Crippen molar-refractivity contribution in [2.24, 2.45) is 11.5 Å². The highest BCUT2D eigenvalue weighted by atomic mass is 35.5. The monoisotopic (exact) mass is 264 g/mol. The maximum atomic E-state index is 5.93. The van der Waals surface area contributed by atoms with Crippen molar-refractivity contribution in [2.75, 3.05) is 0 Å². The van der Waals surface area contributed by atoms with Crippen LogP contribution in [0.1, 0.15) is 23.6 Å². The van der Waals surface area contributed by atoms with E-state index >= 15 is 0 Å². The third-order valence-corrected chi connectivity index (χ3v) is 2.55. The molecule has 2 atom stereocenters.